The first-order chi connectivity index (χ1) is 8.45. The lowest BCUT2D eigenvalue weighted by atomic mass is 10.1. The highest BCUT2D eigenvalue weighted by Gasteiger charge is 2.12. The minimum atomic E-state index is 0.789. The Labute approximate surface area is 99.6 Å². The summed E-state index contributed by atoms with van der Waals surface area (Å²) < 4.78 is 0. The van der Waals surface area contributed by atoms with E-state index in [1.54, 1.807) is 12.4 Å². The van der Waals surface area contributed by atoms with Crippen molar-refractivity contribution in [2.24, 2.45) is 0 Å². The quantitative estimate of drug-likeness (QED) is 0.847. The maximum absolute atomic E-state index is 4.19. The van der Waals surface area contributed by atoms with Gasteiger partial charge in [0.1, 0.15) is 0 Å². The molecule has 0 atom stereocenters. The van der Waals surface area contributed by atoms with Crippen molar-refractivity contribution >= 4 is 5.69 Å². The monoisotopic (exact) mass is 224 g/mol. The lowest BCUT2D eigenvalue weighted by molar-refractivity contribution is 0.900. The number of nitrogens with one attached hydrogen (secondary N) is 1. The molecule has 0 saturated heterocycles. The van der Waals surface area contributed by atoms with E-state index in [9.17, 15) is 0 Å². The lowest BCUT2D eigenvalue weighted by Crippen LogP contribution is -2.20. The van der Waals surface area contributed by atoms with Gasteiger partial charge in [-0.05, 0) is 12.1 Å². The average molecular weight is 224 g/mol. The molecule has 1 aliphatic rings. The number of aromatic nitrogens is 2. The predicted octanol–water partition coefficient (Wildman–Crippen LogP) is 1.98. The summed E-state index contributed by atoms with van der Waals surface area (Å²) in [7, 11) is 0. The first-order valence-electron chi connectivity index (χ1n) is 5.46. The Morgan fingerprint density at radius 3 is 2.82 bits per heavy atom. The fourth-order valence-corrected chi connectivity index (χ4v) is 1.89. The standard InChI is InChI=1S/C13H12N4/c1-2-11(8-14-4-1)12-9-15-5-3-13(12)17-7-6-16-10-17/h1-9,16H,10H2. The predicted molar refractivity (Wildman–Crippen MR) is 67.1 cm³/mol. The SMILES string of the molecule is C1=CN(c2ccncc2-c2cccnc2)CN1. The van der Waals surface area contributed by atoms with Gasteiger partial charge in [0.25, 0.3) is 0 Å². The third-order valence-electron chi connectivity index (χ3n) is 2.71. The van der Waals surface area contributed by atoms with Gasteiger partial charge in [-0.2, -0.15) is 0 Å². The second kappa shape index (κ2) is 4.25. The molecule has 3 rings (SSSR count). The molecule has 0 saturated carbocycles. The van der Waals surface area contributed by atoms with E-state index in [1.807, 2.05) is 43.0 Å². The van der Waals surface area contributed by atoms with Crippen LogP contribution >= 0.6 is 0 Å². The first-order valence-corrected chi connectivity index (χ1v) is 5.46. The first kappa shape index (κ1) is 9.84. The van der Waals surface area contributed by atoms with Crippen molar-refractivity contribution in [3.8, 4) is 11.1 Å². The molecule has 84 valence electrons. The van der Waals surface area contributed by atoms with Crippen LogP contribution in [0.2, 0.25) is 0 Å². The van der Waals surface area contributed by atoms with Crippen LogP contribution in [-0.4, -0.2) is 16.6 Å². The van der Waals surface area contributed by atoms with Gasteiger partial charge in [0.05, 0.1) is 12.4 Å². The minimum Gasteiger partial charge on any atom is -0.372 e. The summed E-state index contributed by atoms with van der Waals surface area (Å²) >= 11 is 0. The zero-order valence-electron chi connectivity index (χ0n) is 9.24. The van der Waals surface area contributed by atoms with Crippen LogP contribution in [0.25, 0.3) is 11.1 Å². The number of nitrogens with zero attached hydrogens (tertiary/aromatic N) is 3. The zero-order valence-corrected chi connectivity index (χ0v) is 9.24. The third-order valence-corrected chi connectivity index (χ3v) is 2.71. The van der Waals surface area contributed by atoms with Gasteiger partial charge in [-0.25, -0.2) is 0 Å². The van der Waals surface area contributed by atoms with Crippen LogP contribution in [-0.2, 0) is 0 Å². The summed E-state index contributed by atoms with van der Waals surface area (Å²) in [4.78, 5) is 10.5. The molecule has 0 aliphatic carbocycles. The van der Waals surface area contributed by atoms with Crippen molar-refractivity contribution in [1.29, 1.82) is 0 Å². The van der Waals surface area contributed by atoms with E-state index in [1.165, 1.54) is 0 Å². The Morgan fingerprint density at radius 1 is 1.12 bits per heavy atom. The Bertz CT molecular complexity index is 536. The largest absolute Gasteiger partial charge is 0.372 e. The maximum Gasteiger partial charge on any atom is 0.0916 e. The molecule has 4 nitrogen and oxygen atoms in total. The molecule has 0 aromatic carbocycles. The fraction of sp³-hybridized carbons (Fsp3) is 0.0769. The van der Waals surface area contributed by atoms with E-state index < -0.39 is 0 Å². The number of anilines is 1. The Balaban J connectivity index is 2.08. The van der Waals surface area contributed by atoms with Crippen LogP contribution in [0.4, 0.5) is 5.69 Å². The Hall–Kier alpha value is -2.36. The van der Waals surface area contributed by atoms with Crippen molar-refractivity contribution < 1.29 is 0 Å². The molecular weight excluding hydrogens is 212 g/mol. The van der Waals surface area contributed by atoms with Crippen LogP contribution in [0.1, 0.15) is 0 Å². The number of hydrogen-bond acceptors (Lipinski definition) is 4. The number of pyridine rings is 2. The molecule has 2 aromatic heterocycles. The van der Waals surface area contributed by atoms with Gasteiger partial charge >= 0.3 is 0 Å². The molecule has 1 N–H and O–H groups in total. The van der Waals surface area contributed by atoms with E-state index >= 15 is 0 Å². The maximum atomic E-state index is 4.19. The number of hydrogen-bond donors (Lipinski definition) is 1. The minimum absolute atomic E-state index is 0.789. The van der Waals surface area contributed by atoms with Crippen LogP contribution in [0.15, 0.2) is 55.4 Å². The highest BCUT2D eigenvalue weighted by Crippen LogP contribution is 2.29. The smallest absolute Gasteiger partial charge is 0.0916 e. The van der Waals surface area contributed by atoms with Crippen molar-refractivity contribution in [3.05, 3.63) is 55.4 Å². The summed E-state index contributed by atoms with van der Waals surface area (Å²) in [5, 5.41) is 3.16. The molecule has 4 heteroatoms. The van der Waals surface area contributed by atoms with Gasteiger partial charge in [0.2, 0.25) is 0 Å². The fourth-order valence-electron chi connectivity index (χ4n) is 1.89. The normalized spacial score (nSPS) is 13.8. The van der Waals surface area contributed by atoms with E-state index in [4.69, 9.17) is 0 Å². The Kier molecular flexibility index (Phi) is 2.46. The van der Waals surface area contributed by atoms with Gasteiger partial charge in [-0.1, -0.05) is 6.07 Å². The molecule has 0 bridgehead atoms. The van der Waals surface area contributed by atoms with Gasteiger partial charge < -0.3 is 10.2 Å². The lowest BCUT2D eigenvalue weighted by Gasteiger charge is -2.18. The van der Waals surface area contributed by atoms with Gasteiger partial charge in [-0.3, -0.25) is 9.97 Å². The van der Waals surface area contributed by atoms with Crippen LogP contribution < -0.4 is 10.2 Å². The van der Waals surface area contributed by atoms with Crippen LogP contribution in [0.3, 0.4) is 0 Å². The van der Waals surface area contributed by atoms with Crippen molar-refractivity contribution in [2.75, 3.05) is 11.6 Å². The van der Waals surface area contributed by atoms with Crippen molar-refractivity contribution in [2.45, 2.75) is 0 Å². The third kappa shape index (κ3) is 1.85. The second-order valence-electron chi connectivity index (χ2n) is 3.78. The second-order valence-corrected chi connectivity index (χ2v) is 3.78. The summed E-state index contributed by atoms with van der Waals surface area (Å²) in [5.74, 6) is 0. The summed E-state index contributed by atoms with van der Waals surface area (Å²) in [6.45, 7) is 0.789. The van der Waals surface area contributed by atoms with E-state index in [0.29, 0.717) is 0 Å². The summed E-state index contributed by atoms with van der Waals surface area (Å²) in [5.41, 5.74) is 3.30. The van der Waals surface area contributed by atoms with E-state index in [-0.39, 0.29) is 0 Å². The topological polar surface area (TPSA) is 41.1 Å². The molecule has 0 radical (unpaired) electrons. The summed E-state index contributed by atoms with van der Waals surface area (Å²) in [6, 6.07) is 5.99. The zero-order chi connectivity index (χ0) is 11.5. The van der Waals surface area contributed by atoms with Gasteiger partial charge in [0, 0.05) is 48.3 Å². The molecule has 0 spiro atoms. The Morgan fingerprint density at radius 2 is 2.06 bits per heavy atom. The van der Waals surface area contributed by atoms with Gasteiger partial charge in [0.15, 0.2) is 0 Å². The summed E-state index contributed by atoms with van der Waals surface area (Å²) in [6.07, 6.45) is 11.3. The molecule has 3 heterocycles. The molecule has 1 aliphatic heterocycles. The van der Waals surface area contributed by atoms with Crippen molar-refractivity contribution in [1.82, 2.24) is 15.3 Å². The van der Waals surface area contributed by atoms with Gasteiger partial charge in [-0.15, -0.1) is 0 Å². The van der Waals surface area contributed by atoms with E-state index in [0.717, 1.165) is 23.5 Å². The molecule has 0 amide bonds. The van der Waals surface area contributed by atoms with Crippen LogP contribution in [0, 0.1) is 0 Å². The average Bonchev–Trinajstić information content (AvgIpc) is 2.94. The molecular formula is C13H12N4. The van der Waals surface area contributed by atoms with Crippen LogP contribution in [0.5, 0.6) is 0 Å². The molecule has 17 heavy (non-hydrogen) atoms. The number of rotatable bonds is 2. The van der Waals surface area contributed by atoms with E-state index in [2.05, 4.69) is 20.2 Å². The molecule has 2 aromatic rings. The van der Waals surface area contributed by atoms with Crippen molar-refractivity contribution in [3.63, 3.8) is 0 Å². The highest BCUT2D eigenvalue weighted by molar-refractivity contribution is 5.78. The molecule has 0 unspecified atom stereocenters. The molecule has 0 fully saturated rings. The highest BCUT2D eigenvalue weighted by atomic mass is 15.2.